The molecule has 1 amide bonds. The fourth-order valence-corrected chi connectivity index (χ4v) is 1.81. The van der Waals surface area contributed by atoms with Crippen LogP contribution in [0.25, 0.3) is 0 Å². The number of rotatable bonds is 4. The smallest absolute Gasteiger partial charge is 0.317 e. The zero-order valence-corrected chi connectivity index (χ0v) is 10.4. The van der Waals surface area contributed by atoms with Crippen molar-refractivity contribution in [1.29, 1.82) is 0 Å². The molecule has 1 aliphatic rings. The van der Waals surface area contributed by atoms with Gasteiger partial charge >= 0.3 is 5.97 Å². The van der Waals surface area contributed by atoms with Crippen LogP contribution in [0.3, 0.4) is 0 Å². The van der Waals surface area contributed by atoms with Gasteiger partial charge in [0.05, 0.1) is 12.6 Å². The van der Waals surface area contributed by atoms with Gasteiger partial charge in [-0.15, -0.1) is 0 Å². The van der Waals surface area contributed by atoms with Gasteiger partial charge in [0.1, 0.15) is 0 Å². The number of carboxylic acid groups (broad SMARTS) is 1. The standard InChI is InChI=1S/C11H21N3O3/c1-8(2)10(12)11(17)14-5-3-13(4-6-14)7-9(15)16/h8,10H,3-7,12H2,1-2H3,(H,15,16)/t10-/m1/s1. The van der Waals surface area contributed by atoms with E-state index in [-0.39, 0.29) is 18.4 Å². The van der Waals surface area contributed by atoms with Crippen molar-refractivity contribution in [3.8, 4) is 0 Å². The van der Waals surface area contributed by atoms with Crippen molar-refractivity contribution in [1.82, 2.24) is 9.80 Å². The van der Waals surface area contributed by atoms with Gasteiger partial charge in [0.25, 0.3) is 0 Å². The molecule has 17 heavy (non-hydrogen) atoms. The van der Waals surface area contributed by atoms with Gasteiger partial charge in [0, 0.05) is 26.2 Å². The van der Waals surface area contributed by atoms with Crippen LogP contribution in [0.15, 0.2) is 0 Å². The van der Waals surface area contributed by atoms with E-state index in [0.717, 1.165) is 0 Å². The molecule has 1 fully saturated rings. The molecule has 0 aromatic heterocycles. The number of piperazine rings is 1. The van der Waals surface area contributed by atoms with Crippen molar-refractivity contribution in [3.05, 3.63) is 0 Å². The van der Waals surface area contributed by atoms with E-state index >= 15 is 0 Å². The van der Waals surface area contributed by atoms with Crippen LogP contribution >= 0.6 is 0 Å². The number of aliphatic carboxylic acids is 1. The van der Waals surface area contributed by atoms with E-state index < -0.39 is 12.0 Å². The van der Waals surface area contributed by atoms with E-state index in [1.807, 2.05) is 18.7 Å². The molecule has 1 saturated heterocycles. The summed E-state index contributed by atoms with van der Waals surface area (Å²) in [6.07, 6.45) is 0. The molecule has 0 aromatic carbocycles. The molecular formula is C11H21N3O3. The first-order valence-corrected chi connectivity index (χ1v) is 5.90. The van der Waals surface area contributed by atoms with Gasteiger partial charge in [0.15, 0.2) is 0 Å². The van der Waals surface area contributed by atoms with E-state index in [0.29, 0.717) is 26.2 Å². The molecule has 0 unspecified atom stereocenters. The molecule has 0 spiro atoms. The quantitative estimate of drug-likeness (QED) is 0.675. The number of nitrogens with two attached hydrogens (primary N) is 1. The van der Waals surface area contributed by atoms with Crippen LogP contribution in [0.5, 0.6) is 0 Å². The first-order valence-electron chi connectivity index (χ1n) is 5.90. The molecule has 1 atom stereocenters. The van der Waals surface area contributed by atoms with Crippen molar-refractivity contribution < 1.29 is 14.7 Å². The van der Waals surface area contributed by atoms with Gasteiger partial charge in [-0.2, -0.15) is 0 Å². The van der Waals surface area contributed by atoms with Crippen LogP contribution in [0, 0.1) is 5.92 Å². The van der Waals surface area contributed by atoms with E-state index in [1.54, 1.807) is 4.90 Å². The molecule has 6 nitrogen and oxygen atoms in total. The molecule has 0 saturated carbocycles. The maximum absolute atomic E-state index is 11.9. The van der Waals surface area contributed by atoms with Gasteiger partial charge in [-0.1, -0.05) is 13.8 Å². The molecular weight excluding hydrogens is 222 g/mol. The summed E-state index contributed by atoms with van der Waals surface area (Å²) in [5.74, 6) is -0.738. The monoisotopic (exact) mass is 243 g/mol. The summed E-state index contributed by atoms with van der Waals surface area (Å²) in [5.41, 5.74) is 5.81. The van der Waals surface area contributed by atoms with E-state index in [1.165, 1.54) is 0 Å². The highest BCUT2D eigenvalue weighted by Crippen LogP contribution is 2.07. The summed E-state index contributed by atoms with van der Waals surface area (Å²) in [5, 5.41) is 8.66. The maximum Gasteiger partial charge on any atom is 0.317 e. The maximum atomic E-state index is 11.9. The molecule has 1 rings (SSSR count). The molecule has 1 aliphatic heterocycles. The van der Waals surface area contributed by atoms with Gasteiger partial charge in [-0.05, 0) is 5.92 Å². The minimum absolute atomic E-state index is 0.0324. The average Bonchev–Trinajstić information content (AvgIpc) is 2.27. The first-order chi connectivity index (χ1) is 7.91. The summed E-state index contributed by atoms with van der Waals surface area (Å²) in [6, 6.07) is -0.457. The normalized spacial score (nSPS) is 19.4. The third-order valence-electron chi connectivity index (χ3n) is 3.05. The Kier molecular flexibility index (Phi) is 4.89. The van der Waals surface area contributed by atoms with Crippen LogP contribution < -0.4 is 5.73 Å². The van der Waals surface area contributed by atoms with Crippen molar-refractivity contribution in [2.24, 2.45) is 11.7 Å². The second-order valence-corrected chi connectivity index (χ2v) is 4.76. The zero-order chi connectivity index (χ0) is 13.0. The lowest BCUT2D eigenvalue weighted by molar-refractivity contribution is -0.139. The van der Waals surface area contributed by atoms with Crippen LogP contribution in [0.4, 0.5) is 0 Å². The largest absolute Gasteiger partial charge is 0.480 e. The summed E-state index contributed by atoms with van der Waals surface area (Å²) >= 11 is 0. The Hall–Kier alpha value is -1.14. The van der Waals surface area contributed by atoms with E-state index in [9.17, 15) is 9.59 Å². The third-order valence-corrected chi connectivity index (χ3v) is 3.05. The number of carboxylic acids is 1. The predicted octanol–water partition coefficient (Wildman–Crippen LogP) is -0.801. The summed E-state index contributed by atoms with van der Waals surface area (Å²) in [7, 11) is 0. The van der Waals surface area contributed by atoms with E-state index in [2.05, 4.69) is 0 Å². The van der Waals surface area contributed by atoms with Crippen LogP contribution in [-0.2, 0) is 9.59 Å². The zero-order valence-electron chi connectivity index (χ0n) is 10.4. The lowest BCUT2D eigenvalue weighted by Gasteiger charge is -2.35. The summed E-state index contributed by atoms with van der Waals surface area (Å²) in [4.78, 5) is 26.0. The SMILES string of the molecule is CC(C)[C@@H](N)C(=O)N1CCN(CC(=O)O)CC1. The van der Waals surface area contributed by atoms with Gasteiger partial charge in [-0.25, -0.2) is 0 Å². The van der Waals surface area contributed by atoms with Crippen LogP contribution in [0.2, 0.25) is 0 Å². The topological polar surface area (TPSA) is 86.9 Å². The Morgan fingerprint density at radius 3 is 2.18 bits per heavy atom. The molecule has 0 bridgehead atoms. The number of hydrogen-bond acceptors (Lipinski definition) is 4. The fraction of sp³-hybridized carbons (Fsp3) is 0.818. The molecule has 0 radical (unpaired) electrons. The van der Waals surface area contributed by atoms with Crippen molar-refractivity contribution in [3.63, 3.8) is 0 Å². The van der Waals surface area contributed by atoms with Gasteiger partial charge in [-0.3, -0.25) is 14.5 Å². The number of carbonyl (C=O) groups excluding carboxylic acids is 1. The summed E-state index contributed by atoms with van der Waals surface area (Å²) < 4.78 is 0. The molecule has 0 aliphatic carbocycles. The highest BCUT2D eigenvalue weighted by atomic mass is 16.4. The minimum atomic E-state index is -0.830. The lowest BCUT2D eigenvalue weighted by Crippen LogP contribution is -2.54. The van der Waals surface area contributed by atoms with Gasteiger partial charge in [0.2, 0.25) is 5.91 Å². The van der Waals surface area contributed by atoms with E-state index in [4.69, 9.17) is 10.8 Å². The van der Waals surface area contributed by atoms with Crippen molar-refractivity contribution in [2.45, 2.75) is 19.9 Å². The Balaban J connectivity index is 2.41. The average molecular weight is 243 g/mol. The van der Waals surface area contributed by atoms with Crippen LogP contribution in [-0.4, -0.2) is 65.5 Å². The van der Waals surface area contributed by atoms with Crippen LogP contribution in [0.1, 0.15) is 13.8 Å². The number of amides is 1. The Bertz CT molecular complexity index is 286. The second-order valence-electron chi connectivity index (χ2n) is 4.76. The molecule has 6 heteroatoms. The Morgan fingerprint density at radius 1 is 1.24 bits per heavy atom. The highest BCUT2D eigenvalue weighted by Gasteiger charge is 2.27. The molecule has 98 valence electrons. The Labute approximate surface area is 101 Å². The number of hydrogen-bond donors (Lipinski definition) is 2. The molecule has 3 N–H and O–H groups in total. The number of carbonyl (C=O) groups is 2. The lowest BCUT2D eigenvalue weighted by atomic mass is 10.0. The van der Waals surface area contributed by atoms with Crippen molar-refractivity contribution in [2.75, 3.05) is 32.7 Å². The minimum Gasteiger partial charge on any atom is -0.480 e. The number of nitrogens with zero attached hydrogens (tertiary/aromatic N) is 2. The molecule has 1 heterocycles. The third kappa shape index (κ3) is 3.98. The Morgan fingerprint density at radius 2 is 1.76 bits per heavy atom. The second kappa shape index (κ2) is 5.97. The summed E-state index contributed by atoms with van der Waals surface area (Å²) in [6.45, 7) is 6.20. The van der Waals surface area contributed by atoms with Crippen molar-refractivity contribution >= 4 is 11.9 Å². The highest BCUT2D eigenvalue weighted by molar-refractivity contribution is 5.82. The first kappa shape index (κ1) is 13.9. The predicted molar refractivity (Wildman–Crippen MR) is 63.5 cm³/mol. The molecule has 0 aromatic rings. The van der Waals surface area contributed by atoms with Gasteiger partial charge < -0.3 is 15.7 Å². The fourth-order valence-electron chi connectivity index (χ4n) is 1.81.